The topological polar surface area (TPSA) is 79.8 Å². The van der Waals surface area contributed by atoms with Crippen LogP contribution in [0.15, 0.2) is 65.3 Å². The minimum atomic E-state index is -0.338. The highest BCUT2D eigenvalue weighted by molar-refractivity contribution is 8.14. The molecule has 4 rings (SSSR count). The van der Waals surface area contributed by atoms with Crippen molar-refractivity contribution in [3.8, 4) is 0 Å². The Balaban J connectivity index is 1.44. The highest BCUT2D eigenvalue weighted by Gasteiger charge is 2.23. The van der Waals surface area contributed by atoms with Crippen molar-refractivity contribution in [3.63, 3.8) is 0 Å². The van der Waals surface area contributed by atoms with E-state index in [-0.39, 0.29) is 30.1 Å². The van der Waals surface area contributed by atoms with Gasteiger partial charge in [-0.05, 0) is 42.2 Å². The molecule has 0 spiro atoms. The van der Waals surface area contributed by atoms with Crippen LogP contribution in [0.5, 0.6) is 0 Å². The number of fused-ring (bicyclic) bond motifs is 2. The lowest BCUT2D eigenvalue weighted by Crippen LogP contribution is -2.29. The molecule has 2 aromatic rings. The third kappa shape index (κ3) is 4.74. The molecule has 2 aromatic carbocycles. The first kappa shape index (κ1) is 20.2. The lowest BCUT2D eigenvalue weighted by molar-refractivity contribution is -0.139. The number of methoxy groups -OCH3 is 1. The minimum absolute atomic E-state index is 0.0298. The van der Waals surface area contributed by atoms with Crippen LogP contribution in [0.25, 0.3) is 0 Å². The van der Waals surface area contributed by atoms with Crippen LogP contribution in [-0.4, -0.2) is 29.8 Å². The van der Waals surface area contributed by atoms with Gasteiger partial charge in [-0.2, -0.15) is 0 Å². The average molecular weight is 422 g/mol. The molecule has 2 N–H and O–H groups in total. The quantitative estimate of drug-likeness (QED) is 0.710. The first-order chi connectivity index (χ1) is 14.6. The fourth-order valence-electron chi connectivity index (χ4n) is 3.67. The predicted molar refractivity (Wildman–Crippen MR) is 120 cm³/mol. The first-order valence-corrected chi connectivity index (χ1v) is 10.8. The molecule has 0 radical (unpaired) electrons. The number of nitrogens with one attached hydrogen (secondary N) is 2. The van der Waals surface area contributed by atoms with Crippen molar-refractivity contribution in [1.29, 1.82) is 0 Å². The molecular weight excluding hydrogens is 398 g/mol. The van der Waals surface area contributed by atoms with Crippen molar-refractivity contribution in [2.75, 3.05) is 18.2 Å². The van der Waals surface area contributed by atoms with Gasteiger partial charge < -0.3 is 15.4 Å². The van der Waals surface area contributed by atoms with E-state index >= 15 is 0 Å². The van der Waals surface area contributed by atoms with E-state index in [4.69, 9.17) is 4.74 Å². The van der Waals surface area contributed by atoms with Crippen LogP contribution in [0, 0.1) is 0 Å². The SMILES string of the molecule is COC(=O)CC1=CC(SCC(=O)N[C@H]2CCc3ccccc32)=Nc2ccccc2N1. The Morgan fingerprint density at radius 3 is 2.87 bits per heavy atom. The molecule has 1 heterocycles. The Hall–Kier alpha value is -3.06. The number of anilines is 1. The number of hydrogen-bond acceptors (Lipinski definition) is 6. The number of esters is 1. The minimum Gasteiger partial charge on any atom is -0.469 e. The Morgan fingerprint density at radius 2 is 2.00 bits per heavy atom. The summed E-state index contributed by atoms with van der Waals surface area (Å²) in [5.41, 5.74) is 4.78. The number of ether oxygens (including phenoxy) is 1. The van der Waals surface area contributed by atoms with Gasteiger partial charge >= 0.3 is 5.97 Å². The van der Waals surface area contributed by atoms with Gasteiger partial charge in [0.15, 0.2) is 0 Å². The molecule has 154 valence electrons. The number of hydrogen-bond donors (Lipinski definition) is 2. The second-order valence-electron chi connectivity index (χ2n) is 7.16. The summed E-state index contributed by atoms with van der Waals surface area (Å²) in [6, 6.07) is 15.9. The van der Waals surface area contributed by atoms with Crippen molar-refractivity contribution in [2.45, 2.75) is 25.3 Å². The molecule has 6 nitrogen and oxygen atoms in total. The fourth-order valence-corrected chi connectivity index (χ4v) is 4.42. The molecule has 1 aliphatic heterocycles. The summed E-state index contributed by atoms with van der Waals surface area (Å²) in [6.45, 7) is 0. The summed E-state index contributed by atoms with van der Waals surface area (Å²) in [5.74, 6) is -0.116. The van der Waals surface area contributed by atoms with Gasteiger partial charge in [-0.25, -0.2) is 4.99 Å². The zero-order chi connectivity index (χ0) is 20.9. The molecular formula is C23H23N3O3S. The molecule has 2 aliphatic rings. The van der Waals surface area contributed by atoms with Gasteiger partial charge in [0.2, 0.25) is 5.91 Å². The highest BCUT2D eigenvalue weighted by atomic mass is 32.2. The molecule has 0 saturated carbocycles. The third-order valence-electron chi connectivity index (χ3n) is 5.11. The fraction of sp³-hybridized carbons (Fsp3) is 0.261. The number of aryl methyl sites for hydroxylation is 1. The average Bonchev–Trinajstić information content (AvgIpc) is 3.06. The predicted octanol–water partition coefficient (Wildman–Crippen LogP) is 4.13. The molecule has 0 saturated heterocycles. The van der Waals surface area contributed by atoms with E-state index in [2.05, 4.69) is 27.8 Å². The molecule has 0 fully saturated rings. The summed E-state index contributed by atoms with van der Waals surface area (Å²) in [5, 5.41) is 7.05. The summed E-state index contributed by atoms with van der Waals surface area (Å²) in [6.07, 6.45) is 3.83. The summed E-state index contributed by atoms with van der Waals surface area (Å²) in [7, 11) is 1.36. The number of amides is 1. The highest BCUT2D eigenvalue weighted by Crippen LogP contribution is 2.32. The number of para-hydroxylation sites is 2. The Labute approximate surface area is 179 Å². The van der Waals surface area contributed by atoms with E-state index in [9.17, 15) is 9.59 Å². The van der Waals surface area contributed by atoms with Gasteiger partial charge in [-0.1, -0.05) is 48.2 Å². The van der Waals surface area contributed by atoms with Gasteiger partial charge in [0.25, 0.3) is 0 Å². The monoisotopic (exact) mass is 421 g/mol. The summed E-state index contributed by atoms with van der Waals surface area (Å²) < 4.78 is 4.79. The van der Waals surface area contributed by atoms with E-state index in [1.54, 1.807) is 6.08 Å². The van der Waals surface area contributed by atoms with Crippen LogP contribution in [0.4, 0.5) is 11.4 Å². The number of benzene rings is 2. The van der Waals surface area contributed by atoms with Crippen LogP contribution >= 0.6 is 11.8 Å². The zero-order valence-corrected chi connectivity index (χ0v) is 17.5. The number of rotatable bonds is 5. The maximum atomic E-state index is 12.6. The van der Waals surface area contributed by atoms with Crippen molar-refractivity contribution in [1.82, 2.24) is 5.32 Å². The van der Waals surface area contributed by atoms with E-state index in [1.807, 2.05) is 36.4 Å². The molecule has 0 aromatic heterocycles. The maximum Gasteiger partial charge on any atom is 0.311 e. The van der Waals surface area contributed by atoms with Crippen LogP contribution in [-0.2, 0) is 20.7 Å². The largest absolute Gasteiger partial charge is 0.469 e. The smallest absolute Gasteiger partial charge is 0.311 e. The van der Waals surface area contributed by atoms with Crippen molar-refractivity contribution in [2.24, 2.45) is 4.99 Å². The summed E-state index contributed by atoms with van der Waals surface area (Å²) in [4.78, 5) is 29.0. The van der Waals surface area contributed by atoms with Crippen molar-refractivity contribution in [3.05, 3.63) is 71.4 Å². The molecule has 7 heteroatoms. The molecule has 1 aliphatic carbocycles. The molecule has 30 heavy (non-hydrogen) atoms. The normalized spacial score (nSPS) is 16.9. The number of carbonyl (C=O) groups excluding carboxylic acids is 2. The van der Waals surface area contributed by atoms with Crippen molar-refractivity contribution >= 4 is 40.1 Å². The molecule has 0 bridgehead atoms. The second-order valence-corrected chi connectivity index (χ2v) is 8.16. The van der Waals surface area contributed by atoms with Crippen LogP contribution in [0.1, 0.15) is 30.0 Å². The lowest BCUT2D eigenvalue weighted by atomic mass is 10.1. The van der Waals surface area contributed by atoms with E-state index in [1.165, 1.54) is 30.0 Å². The zero-order valence-electron chi connectivity index (χ0n) is 16.7. The molecule has 1 atom stereocenters. The first-order valence-electron chi connectivity index (χ1n) is 9.84. The van der Waals surface area contributed by atoms with Crippen LogP contribution < -0.4 is 10.6 Å². The van der Waals surface area contributed by atoms with Crippen LogP contribution in [0.3, 0.4) is 0 Å². The summed E-state index contributed by atoms with van der Waals surface area (Å²) >= 11 is 1.35. The lowest BCUT2D eigenvalue weighted by Gasteiger charge is -2.14. The van der Waals surface area contributed by atoms with Crippen molar-refractivity contribution < 1.29 is 14.3 Å². The standard InChI is InChI=1S/C23H23N3O3S/c1-29-23(28)13-16-12-22(26-20-9-5-4-8-19(20)24-16)30-14-21(27)25-18-11-10-15-6-2-3-7-17(15)18/h2-9,12,18,24H,10-11,13-14H2,1H3,(H,25,27)/t18-/m0/s1. The Kier molecular flexibility index (Phi) is 6.18. The number of aliphatic imine (C=N–C) groups is 1. The van der Waals surface area contributed by atoms with Crippen LogP contribution in [0.2, 0.25) is 0 Å². The molecule has 0 unspecified atom stereocenters. The van der Waals surface area contributed by atoms with Gasteiger partial charge in [-0.3, -0.25) is 9.59 Å². The number of nitrogens with zero attached hydrogens (tertiary/aromatic N) is 1. The maximum absolute atomic E-state index is 12.6. The number of carbonyl (C=O) groups is 2. The Morgan fingerprint density at radius 1 is 1.20 bits per heavy atom. The number of thioether (sulfide) groups is 1. The molecule has 1 amide bonds. The van der Waals surface area contributed by atoms with E-state index in [0.29, 0.717) is 10.7 Å². The van der Waals surface area contributed by atoms with E-state index in [0.717, 1.165) is 24.2 Å². The Bertz CT molecular complexity index is 1030. The van der Waals surface area contributed by atoms with E-state index < -0.39 is 0 Å². The van der Waals surface area contributed by atoms with Gasteiger partial charge in [0.05, 0.1) is 41.7 Å². The van der Waals surface area contributed by atoms with Gasteiger partial charge in [0.1, 0.15) is 0 Å². The third-order valence-corrected chi connectivity index (χ3v) is 6.02. The van der Waals surface area contributed by atoms with Gasteiger partial charge in [-0.15, -0.1) is 0 Å². The van der Waals surface area contributed by atoms with Gasteiger partial charge in [0, 0.05) is 5.70 Å². The second kappa shape index (κ2) is 9.17.